The molecule has 126 valence electrons. The largest absolute Gasteiger partial charge is 0.445 e. The highest BCUT2D eigenvalue weighted by Crippen LogP contribution is 2.19. The van der Waals surface area contributed by atoms with Gasteiger partial charge in [-0.3, -0.25) is 0 Å². The molecule has 6 nitrogen and oxygen atoms in total. The maximum absolute atomic E-state index is 11.5. The average Bonchev–Trinajstić information content (AvgIpc) is 3.03. The van der Waals surface area contributed by atoms with Crippen molar-refractivity contribution < 1.29 is 17.9 Å². The summed E-state index contributed by atoms with van der Waals surface area (Å²) in [5.74, 6) is 5.68. The van der Waals surface area contributed by atoms with Gasteiger partial charge in [0.1, 0.15) is 10.8 Å². The van der Waals surface area contributed by atoms with Crippen LogP contribution in [-0.2, 0) is 21.4 Å². The third kappa shape index (κ3) is 6.04. The fourth-order valence-electron chi connectivity index (χ4n) is 1.69. The van der Waals surface area contributed by atoms with E-state index in [1.807, 2.05) is 30.3 Å². The molecule has 3 N–H and O–H groups in total. The maximum atomic E-state index is 11.5. The van der Waals surface area contributed by atoms with Crippen molar-refractivity contribution in [2.75, 3.05) is 6.54 Å². The van der Waals surface area contributed by atoms with Gasteiger partial charge in [0.2, 0.25) is 10.0 Å². The molecule has 0 atom stereocenters. The first-order chi connectivity index (χ1) is 11.4. The van der Waals surface area contributed by atoms with Gasteiger partial charge in [-0.25, -0.2) is 18.4 Å². The van der Waals surface area contributed by atoms with Crippen molar-refractivity contribution in [1.29, 1.82) is 0 Å². The Hall–Kier alpha value is -2.34. The van der Waals surface area contributed by atoms with Crippen LogP contribution in [0, 0.1) is 11.8 Å². The number of ether oxygens (including phenoxy) is 1. The lowest BCUT2D eigenvalue weighted by Crippen LogP contribution is -2.24. The fraction of sp³-hybridized carbons (Fsp3) is 0.188. The maximum Gasteiger partial charge on any atom is 0.407 e. The van der Waals surface area contributed by atoms with Gasteiger partial charge in [-0.05, 0) is 17.7 Å². The van der Waals surface area contributed by atoms with Gasteiger partial charge in [-0.1, -0.05) is 42.2 Å². The summed E-state index contributed by atoms with van der Waals surface area (Å²) in [4.78, 5) is 12.1. The molecule has 0 radical (unpaired) electrons. The summed E-state index contributed by atoms with van der Waals surface area (Å²) in [6, 6.07) is 12.4. The summed E-state index contributed by atoms with van der Waals surface area (Å²) < 4.78 is 27.4. The lowest BCUT2D eigenvalue weighted by molar-refractivity contribution is 0.140. The van der Waals surface area contributed by atoms with E-state index in [0.29, 0.717) is 17.8 Å². The van der Waals surface area contributed by atoms with Crippen molar-refractivity contribution in [3.05, 3.63) is 52.9 Å². The number of nitrogens with one attached hydrogen (secondary N) is 1. The van der Waals surface area contributed by atoms with Gasteiger partial charge in [0.05, 0.1) is 4.88 Å². The van der Waals surface area contributed by atoms with Crippen LogP contribution in [0.5, 0.6) is 0 Å². The summed E-state index contributed by atoms with van der Waals surface area (Å²) in [6.07, 6.45) is -0.0865. The Bertz CT molecular complexity index is 849. The van der Waals surface area contributed by atoms with E-state index in [9.17, 15) is 13.2 Å². The second-order valence-electron chi connectivity index (χ2n) is 4.70. The molecule has 2 rings (SSSR count). The molecular weight excluding hydrogens is 348 g/mol. The van der Waals surface area contributed by atoms with Crippen molar-refractivity contribution in [3.8, 4) is 11.8 Å². The van der Waals surface area contributed by atoms with Gasteiger partial charge in [-0.15, -0.1) is 11.3 Å². The van der Waals surface area contributed by atoms with E-state index >= 15 is 0 Å². The smallest absolute Gasteiger partial charge is 0.407 e. The van der Waals surface area contributed by atoms with Gasteiger partial charge in [0.15, 0.2) is 0 Å². The van der Waals surface area contributed by atoms with Crippen molar-refractivity contribution in [2.45, 2.75) is 17.2 Å². The number of benzene rings is 1. The van der Waals surface area contributed by atoms with E-state index in [-0.39, 0.29) is 10.8 Å². The normalized spacial score (nSPS) is 10.5. The molecule has 1 aromatic heterocycles. The number of sulfonamides is 1. The van der Waals surface area contributed by atoms with Gasteiger partial charge < -0.3 is 10.1 Å². The Morgan fingerprint density at radius 3 is 2.62 bits per heavy atom. The van der Waals surface area contributed by atoms with E-state index in [1.54, 1.807) is 6.07 Å². The summed E-state index contributed by atoms with van der Waals surface area (Å²) in [7, 11) is -3.68. The summed E-state index contributed by atoms with van der Waals surface area (Å²) >= 11 is 1.01. The number of amides is 1. The van der Waals surface area contributed by atoms with Crippen LogP contribution in [0.1, 0.15) is 16.9 Å². The molecule has 0 spiro atoms. The summed E-state index contributed by atoms with van der Waals surface area (Å²) in [5.41, 5.74) is 0.913. The molecule has 0 fully saturated rings. The van der Waals surface area contributed by atoms with Crippen molar-refractivity contribution in [3.63, 3.8) is 0 Å². The van der Waals surface area contributed by atoms with Gasteiger partial charge in [0, 0.05) is 13.0 Å². The van der Waals surface area contributed by atoms with E-state index < -0.39 is 16.1 Å². The zero-order valence-electron chi connectivity index (χ0n) is 12.7. The number of nitrogens with two attached hydrogens (primary N) is 1. The Balaban J connectivity index is 1.69. The highest BCUT2D eigenvalue weighted by Gasteiger charge is 2.09. The topological polar surface area (TPSA) is 98.5 Å². The zero-order chi connectivity index (χ0) is 17.4. The molecule has 24 heavy (non-hydrogen) atoms. The lowest BCUT2D eigenvalue weighted by atomic mass is 10.2. The third-order valence-corrected chi connectivity index (χ3v) is 5.24. The quantitative estimate of drug-likeness (QED) is 0.627. The second-order valence-corrected chi connectivity index (χ2v) is 7.58. The molecule has 0 saturated carbocycles. The first-order valence-electron chi connectivity index (χ1n) is 7.01. The first-order valence-corrected chi connectivity index (χ1v) is 9.37. The summed E-state index contributed by atoms with van der Waals surface area (Å²) in [5, 5.41) is 7.62. The SMILES string of the molecule is NS(=O)(=O)c1ccc(C#CCCNC(=O)OCc2ccccc2)s1. The molecule has 0 aliphatic carbocycles. The van der Waals surface area contributed by atoms with E-state index in [2.05, 4.69) is 17.2 Å². The third-order valence-electron chi connectivity index (χ3n) is 2.81. The molecule has 8 heteroatoms. The predicted molar refractivity (Wildman–Crippen MR) is 91.8 cm³/mol. The van der Waals surface area contributed by atoms with Gasteiger partial charge in [-0.2, -0.15) is 0 Å². The molecule has 1 aromatic carbocycles. The van der Waals surface area contributed by atoms with Crippen LogP contribution in [0.25, 0.3) is 0 Å². The number of rotatable bonds is 5. The highest BCUT2D eigenvalue weighted by molar-refractivity contribution is 7.91. The number of carbonyl (C=O) groups excluding carboxylic acids is 1. The number of thiophene rings is 1. The monoisotopic (exact) mass is 364 g/mol. The van der Waals surface area contributed by atoms with Gasteiger partial charge in [0.25, 0.3) is 0 Å². The number of hydrogen-bond acceptors (Lipinski definition) is 5. The van der Waals surface area contributed by atoms with E-state index in [4.69, 9.17) is 9.88 Å². The Labute approximate surface area is 144 Å². The number of alkyl carbamates (subject to hydrolysis) is 1. The van der Waals surface area contributed by atoms with Crippen LogP contribution in [0.15, 0.2) is 46.7 Å². The Kier molecular flexibility index (Phi) is 6.37. The minimum atomic E-state index is -3.68. The van der Waals surface area contributed by atoms with Crippen LogP contribution in [0.4, 0.5) is 4.79 Å². The van der Waals surface area contributed by atoms with Crippen molar-refractivity contribution in [2.24, 2.45) is 5.14 Å². The molecule has 1 heterocycles. The Morgan fingerprint density at radius 1 is 1.21 bits per heavy atom. The van der Waals surface area contributed by atoms with Crippen molar-refractivity contribution >= 4 is 27.5 Å². The van der Waals surface area contributed by atoms with Crippen molar-refractivity contribution in [1.82, 2.24) is 5.32 Å². The minimum Gasteiger partial charge on any atom is -0.445 e. The van der Waals surface area contributed by atoms with Crippen LogP contribution in [-0.4, -0.2) is 21.1 Å². The van der Waals surface area contributed by atoms with Crippen LogP contribution >= 0.6 is 11.3 Å². The predicted octanol–water partition coefficient (Wildman–Crippen LogP) is 2.06. The second kappa shape index (κ2) is 8.49. The standard InChI is InChI=1S/C16H16N2O4S2/c17-24(20,21)15-10-9-14(23-15)8-4-5-11-18-16(19)22-12-13-6-2-1-3-7-13/h1-3,6-7,9-10H,5,11-12H2,(H,18,19)(H2,17,20,21). The number of primary sulfonamides is 1. The zero-order valence-corrected chi connectivity index (χ0v) is 14.3. The first kappa shape index (κ1) is 18.0. The molecule has 1 amide bonds. The van der Waals surface area contributed by atoms with Crippen LogP contribution in [0.3, 0.4) is 0 Å². The highest BCUT2D eigenvalue weighted by atomic mass is 32.2. The number of hydrogen-bond donors (Lipinski definition) is 2. The molecule has 0 bridgehead atoms. The average molecular weight is 364 g/mol. The molecule has 0 aliphatic rings. The van der Waals surface area contributed by atoms with Gasteiger partial charge >= 0.3 is 6.09 Å². The molecular formula is C16H16N2O4S2. The summed E-state index contributed by atoms with van der Waals surface area (Å²) in [6.45, 7) is 0.554. The number of carbonyl (C=O) groups is 1. The Morgan fingerprint density at radius 2 is 1.96 bits per heavy atom. The molecule has 0 unspecified atom stereocenters. The van der Waals surface area contributed by atoms with Crippen LogP contribution < -0.4 is 10.5 Å². The van der Waals surface area contributed by atoms with E-state index in [0.717, 1.165) is 16.9 Å². The molecule has 0 saturated heterocycles. The molecule has 0 aliphatic heterocycles. The molecule has 2 aromatic rings. The van der Waals surface area contributed by atoms with E-state index in [1.165, 1.54) is 6.07 Å². The minimum absolute atomic E-state index is 0.0782. The van der Waals surface area contributed by atoms with Crippen LogP contribution in [0.2, 0.25) is 0 Å². The fourth-order valence-corrected chi connectivity index (χ4v) is 3.29. The lowest BCUT2D eigenvalue weighted by Gasteiger charge is -2.05.